The van der Waals surface area contributed by atoms with Gasteiger partial charge in [-0.25, -0.2) is 0 Å². The van der Waals surface area contributed by atoms with E-state index in [0.29, 0.717) is 0 Å². The van der Waals surface area contributed by atoms with E-state index in [1.54, 1.807) is 0 Å². The van der Waals surface area contributed by atoms with Crippen LogP contribution in [-0.2, 0) is 0 Å². The van der Waals surface area contributed by atoms with E-state index in [0.717, 1.165) is 11.1 Å². The van der Waals surface area contributed by atoms with Crippen molar-refractivity contribution < 1.29 is 0 Å². The highest BCUT2D eigenvalue weighted by atomic mass is 14.1. The quantitative estimate of drug-likeness (QED) is 0.560. The van der Waals surface area contributed by atoms with E-state index in [2.05, 4.69) is 40.9 Å². The minimum Gasteiger partial charge on any atom is -0.0955 e. The van der Waals surface area contributed by atoms with Gasteiger partial charge in [0.05, 0.1) is 0 Å². The normalized spacial score (nSPS) is 9.29. The Morgan fingerprint density at radius 1 is 0.643 bits per heavy atom. The van der Waals surface area contributed by atoms with Crippen molar-refractivity contribution in [2.45, 2.75) is 41.5 Å². The molecule has 0 spiro atoms. The predicted octanol–water partition coefficient (Wildman–Crippen LogP) is 4.81. The van der Waals surface area contributed by atoms with Crippen LogP contribution < -0.4 is 0 Å². The Labute approximate surface area is 88.7 Å². The second-order valence-electron chi connectivity index (χ2n) is 4.19. The van der Waals surface area contributed by atoms with Crippen molar-refractivity contribution in [3.8, 4) is 0 Å². The molecular weight excluding hydrogens is 168 g/mol. The molecule has 0 aromatic rings. The van der Waals surface area contributed by atoms with Gasteiger partial charge < -0.3 is 0 Å². The van der Waals surface area contributed by atoms with Gasteiger partial charge in [0.15, 0.2) is 0 Å². The van der Waals surface area contributed by atoms with Crippen LogP contribution in [-0.4, -0.2) is 0 Å². The average molecular weight is 190 g/mol. The molecule has 0 saturated carbocycles. The first-order chi connectivity index (χ1) is 6.29. The topological polar surface area (TPSA) is 0 Å². The van der Waals surface area contributed by atoms with Crippen LogP contribution in [0.1, 0.15) is 41.5 Å². The summed E-state index contributed by atoms with van der Waals surface area (Å²) in [6.07, 6.45) is 0. The summed E-state index contributed by atoms with van der Waals surface area (Å²) in [6, 6.07) is 0. The first-order valence-electron chi connectivity index (χ1n) is 4.96. The van der Waals surface area contributed by atoms with Crippen LogP contribution >= 0.6 is 0 Å². The molecule has 0 nitrogen and oxygen atoms in total. The third kappa shape index (κ3) is 3.02. The molecule has 0 aromatic carbocycles. The van der Waals surface area contributed by atoms with Crippen molar-refractivity contribution in [3.05, 3.63) is 46.6 Å². The molecule has 0 aliphatic heterocycles. The van der Waals surface area contributed by atoms with E-state index in [1.807, 2.05) is 13.8 Å². The van der Waals surface area contributed by atoms with Crippen LogP contribution in [0.15, 0.2) is 46.6 Å². The molecular formula is C14H22. The third-order valence-corrected chi connectivity index (χ3v) is 2.54. The molecule has 0 bridgehead atoms. The SMILES string of the molecule is C=C(C)C(C(=C)C)=C(C)C(C)=C(C)C. The third-order valence-electron chi connectivity index (χ3n) is 2.54. The van der Waals surface area contributed by atoms with E-state index in [-0.39, 0.29) is 0 Å². The minimum atomic E-state index is 1.09. The summed E-state index contributed by atoms with van der Waals surface area (Å²) in [5, 5.41) is 0. The fourth-order valence-electron chi connectivity index (χ4n) is 1.57. The molecule has 0 rings (SSSR count). The second kappa shape index (κ2) is 4.99. The van der Waals surface area contributed by atoms with Crippen molar-refractivity contribution in [2.75, 3.05) is 0 Å². The number of hydrogen-bond donors (Lipinski definition) is 0. The highest BCUT2D eigenvalue weighted by Gasteiger charge is 2.06. The van der Waals surface area contributed by atoms with Gasteiger partial charge >= 0.3 is 0 Å². The van der Waals surface area contributed by atoms with Gasteiger partial charge in [0, 0.05) is 0 Å². The maximum absolute atomic E-state index is 4.00. The molecule has 78 valence electrons. The number of hydrogen-bond acceptors (Lipinski definition) is 0. The van der Waals surface area contributed by atoms with Crippen molar-refractivity contribution in [1.29, 1.82) is 0 Å². The van der Waals surface area contributed by atoms with E-state index < -0.39 is 0 Å². The molecule has 0 heteroatoms. The lowest BCUT2D eigenvalue weighted by molar-refractivity contribution is 1.18. The fraction of sp³-hybridized carbons (Fsp3) is 0.429. The van der Waals surface area contributed by atoms with E-state index >= 15 is 0 Å². The van der Waals surface area contributed by atoms with Crippen LogP contribution in [0.4, 0.5) is 0 Å². The first-order valence-corrected chi connectivity index (χ1v) is 4.96. The molecule has 0 radical (unpaired) electrons. The molecule has 0 aliphatic carbocycles. The van der Waals surface area contributed by atoms with E-state index in [9.17, 15) is 0 Å². The van der Waals surface area contributed by atoms with Crippen LogP contribution in [0.5, 0.6) is 0 Å². The fourth-order valence-corrected chi connectivity index (χ4v) is 1.57. The lowest BCUT2D eigenvalue weighted by atomic mass is 9.92. The first kappa shape index (κ1) is 13.0. The number of rotatable bonds is 3. The van der Waals surface area contributed by atoms with Crippen molar-refractivity contribution >= 4 is 0 Å². The molecule has 0 aliphatic rings. The number of allylic oxidation sites excluding steroid dienone is 6. The molecule has 0 unspecified atom stereocenters. The van der Waals surface area contributed by atoms with Crippen molar-refractivity contribution in [2.24, 2.45) is 0 Å². The lowest BCUT2D eigenvalue weighted by Gasteiger charge is -2.14. The molecule has 0 saturated heterocycles. The molecule has 0 amide bonds. The van der Waals surface area contributed by atoms with E-state index in [1.165, 1.54) is 22.3 Å². The van der Waals surface area contributed by atoms with Crippen LogP contribution in [0, 0.1) is 0 Å². The molecule has 0 N–H and O–H groups in total. The Morgan fingerprint density at radius 2 is 1.00 bits per heavy atom. The summed E-state index contributed by atoms with van der Waals surface area (Å²) < 4.78 is 0. The van der Waals surface area contributed by atoms with Crippen LogP contribution in [0.2, 0.25) is 0 Å². The zero-order valence-electron chi connectivity index (χ0n) is 10.4. The van der Waals surface area contributed by atoms with Gasteiger partial charge in [-0.1, -0.05) is 29.9 Å². The Bertz CT molecular complexity index is 302. The predicted molar refractivity (Wildman–Crippen MR) is 66.4 cm³/mol. The van der Waals surface area contributed by atoms with Gasteiger partial charge in [-0.2, -0.15) is 0 Å². The lowest BCUT2D eigenvalue weighted by Crippen LogP contribution is -1.94. The molecule has 0 aromatic heterocycles. The summed E-state index contributed by atoms with van der Waals surface area (Å²) in [6.45, 7) is 20.6. The highest BCUT2D eigenvalue weighted by molar-refractivity contribution is 5.51. The zero-order valence-corrected chi connectivity index (χ0v) is 10.4. The van der Waals surface area contributed by atoms with Crippen molar-refractivity contribution in [3.63, 3.8) is 0 Å². The summed E-state index contributed by atoms with van der Waals surface area (Å²) in [5.74, 6) is 0. The summed E-state index contributed by atoms with van der Waals surface area (Å²) in [5.41, 5.74) is 7.38. The molecule has 14 heavy (non-hydrogen) atoms. The average Bonchev–Trinajstić information content (AvgIpc) is 2.01. The summed E-state index contributed by atoms with van der Waals surface area (Å²) in [7, 11) is 0. The Hall–Kier alpha value is -1.04. The minimum absolute atomic E-state index is 1.09. The van der Waals surface area contributed by atoms with Gasteiger partial charge in [0.1, 0.15) is 0 Å². The summed E-state index contributed by atoms with van der Waals surface area (Å²) >= 11 is 0. The maximum Gasteiger partial charge on any atom is -0.0178 e. The largest absolute Gasteiger partial charge is 0.0955 e. The standard InChI is InChI=1S/C14H22/c1-9(2)12(7)13(8)14(10(3)4)11(5)6/h3,5H2,1-2,4,6-8H3. The highest BCUT2D eigenvalue weighted by Crippen LogP contribution is 2.26. The van der Waals surface area contributed by atoms with Gasteiger partial charge in [-0.15, -0.1) is 0 Å². The Morgan fingerprint density at radius 3 is 1.21 bits per heavy atom. The second-order valence-corrected chi connectivity index (χ2v) is 4.19. The molecule has 0 fully saturated rings. The smallest absolute Gasteiger partial charge is 0.0178 e. The monoisotopic (exact) mass is 190 g/mol. The van der Waals surface area contributed by atoms with Gasteiger partial charge in [0.2, 0.25) is 0 Å². The van der Waals surface area contributed by atoms with Crippen LogP contribution in [0.25, 0.3) is 0 Å². The van der Waals surface area contributed by atoms with Gasteiger partial charge in [-0.3, -0.25) is 0 Å². The van der Waals surface area contributed by atoms with E-state index in [4.69, 9.17) is 0 Å². The summed E-state index contributed by atoms with van der Waals surface area (Å²) in [4.78, 5) is 0. The Kier molecular flexibility index (Phi) is 4.62. The molecule has 0 atom stereocenters. The van der Waals surface area contributed by atoms with Crippen molar-refractivity contribution in [1.82, 2.24) is 0 Å². The Balaban J connectivity index is 5.56. The van der Waals surface area contributed by atoms with Crippen LogP contribution in [0.3, 0.4) is 0 Å². The molecule has 0 heterocycles. The zero-order chi connectivity index (χ0) is 11.5. The van der Waals surface area contributed by atoms with Gasteiger partial charge in [-0.05, 0) is 58.3 Å². The van der Waals surface area contributed by atoms with Gasteiger partial charge in [0.25, 0.3) is 0 Å². The maximum atomic E-state index is 4.00.